The zero-order valence-corrected chi connectivity index (χ0v) is 14.7. The van der Waals surface area contributed by atoms with Crippen LogP contribution in [0.2, 0.25) is 0 Å². The summed E-state index contributed by atoms with van der Waals surface area (Å²) < 4.78 is 105. The number of fused-ring (bicyclic) bond motifs is 3. The minimum atomic E-state index is -3.55. The van der Waals surface area contributed by atoms with Gasteiger partial charge in [0.2, 0.25) is 5.69 Å². The van der Waals surface area contributed by atoms with Crippen LogP contribution >= 0.6 is 0 Å². The molecule has 2 heterocycles. The van der Waals surface area contributed by atoms with E-state index in [0.29, 0.717) is 27.7 Å². The van der Waals surface area contributed by atoms with Gasteiger partial charge in [0.1, 0.15) is 19.6 Å². The Morgan fingerprint density at radius 3 is 2.77 bits per heavy atom. The molecule has 2 nitrogen and oxygen atoms in total. The summed E-state index contributed by atoms with van der Waals surface area (Å²) in [6.07, 6.45) is -0.705. The monoisotopic (exact) mass is 356 g/mol. The molecule has 0 aliphatic heterocycles. The van der Waals surface area contributed by atoms with Gasteiger partial charge >= 0.3 is 0 Å². The maximum absolute atomic E-state index is 9.02. The third-order valence-electron chi connectivity index (χ3n) is 4.67. The molecule has 26 heavy (non-hydrogen) atoms. The van der Waals surface area contributed by atoms with Crippen LogP contribution in [0.4, 0.5) is 0 Å². The molecule has 0 spiro atoms. The van der Waals surface area contributed by atoms with Crippen molar-refractivity contribution in [3.63, 3.8) is 0 Å². The van der Waals surface area contributed by atoms with Crippen molar-refractivity contribution >= 4 is 21.9 Å². The normalized spacial score (nSPS) is 20.4. The summed E-state index contributed by atoms with van der Waals surface area (Å²) in [6, 6.07) is 8.15. The van der Waals surface area contributed by atoms with Crippen molar-refractivity contribution in [1.82, 2.24) is 0 Å². The molecule has 132 valence electrons. The van der Waals surface area contributed by atoms with Crippen LogP contribution in [-0.4, -0.2) is 0 Å². The molecule has 2 heteroatoms. The van der Waals surface area contributed by atoms with Gasteiger partial charge in [-0.15, -0.1) is 0 Å². The Morgan fingerprint density at radius 1 is 1.15 bits per heavy atom. The molecule has 0 unspecified atom stereocenters. The van der Waals surface area contributed by atoms with Crippen molar-refractivity contribution < 1.29 is 25.4 Å². The smallest absolute Gasteiger partial charge is 0.212 e. The first-order valence-corrected chi connectivity index (χ1v) is 8.20. The summed E-state index contributed by atoms with van der Waals surface area (Å²) in [5, 5.41) is 1.48. The molecule has 4 aromatic rings. The first-order chi connectivity index (χ1) is 17.2. The molecule has 0 atom stereocenters. The second-order valence-corrected chi connectivity index (χ2v) is 6.48. The Labute approximate surface area is 171 Å². The zero-order valence-electron chi connectivity index (χ0n) is 26.7. The molecule has 0 fully saturated rings. The minimum Gasteiger partial charge on any atom is -0.456 e. The van der Waals surface area contributed by atoms with Gasteiger partial charge in [-0.2, -0.15) is 0 Å². The lowest BCUT2D eigenvalue weighted by atomic mass is 9.94. The van der Waals surface area contributed by atoms with Crippen molar-refractivity contribution in [2.75, 3.05) is 0 Å². The molecule has 0 radical (unpaired) electrons. The number of benzene rings is 2. The van der Waals surface area contributed by atoms with Gasteiger partial charge in [0.15, 0.2) is 6.17 Å². The van der Waals surface area contributed by atoms with Crippen LogP contribution in [-0.2, 0) is 7.05 Å². The fraction of sp³-hybridized carbons (Fsp3) is 0.292. The number of pyridine rings is 1. The lowest BCUT2D eigenvalue weighted by Gasteiger charge is -2.12. The van der Waals surface area contributed by atoms with Gasteiger partial charge in [0, 0.05) is 41.6 Å². The summed E-state index contributed by atoms with van der Waals surface area (Å²) in [4.78, 5) is 0. The quantitative estimate of drug-likeness (QED) is 0.395. The van der Waals surface area contributed by atoms with Crippen LogP contribution in [0.5, 0.6) is 0 Å². The molecule has 0 aliphatic rings. The van der Waals surface area contributed by atoms with Crippen LogP contribution in [0.25, 0.3) is 33.2 Å². The number of aryl methyl sites for hydroxylation is 2. The highest BCUT2D eigenvalue weighted by Gasteiger charge is 2.20. The standard InChI is InChI=1S/C24H26NO/c1-14(2)20-12-21(25(6)13-16(20)4)18-9-10-22-24(17(18)5)19-8-7-15(3)11-23(19)26-22/h7-14H,1-6H3/q+1/i1D3,2D3,4D3,12D,13D,14D. The molecule has 2 aromatic heterocycles. The highest BCUT2D eigenvalue weighted by atomic mass is 16.3. The van der Waals surface area contributed by atoms with Crippen LogP contribution in [0.1, 0.15) is 58.3 Å². The van der Waals surface area contributed by atoms with Gasteiger partial charge in [0.25, 0.3) is 0 Å². The topological polar surface area (TPSA) is 17.0 Å². The molecule has 0 saturated heterocycles. The third-order valence-corrected chi connectivity index (χ3v) is 4.67. The van der Waals surface area contributed by atoms with E-state index >= 15 is 0 Å². The average Bonchev–Trinajstić information content (AvgIpc) is 3.12. The Morgan fingerprint density at radius 2 is 2.00 bits per heavy atom. The van der Waals surface area contributed by atoms with Crippen molar-refractivity contribution in [3.8, 4) is 11.3 Å². The number of furan rings is 1. The molecule has 0 N–H and O–H groups in total. The predicted octanol–water partition coefficient (Wildman–Crippen LogP) is 6.13. The van der Waals surface area contributed by atoms with Crippen molar-refractivity contribution in [1.29, 1.82) is 0 Å². The Balaban J connectivity index is 2.22. The van der Waals surface area contributed by atoms with Crippen molar-refractivity contribution in [2.45, 2.75) is 40.3 Å². The molecule has 0 amide bonds. The zero-order chi connectivity index (χ0) is 28.7. The van der Waals surface area contributed by atoms with Gasteiger partial charge in [-0.3, -0.25) is 0 Å². The van der Waals surface area contributed by atoms with E-state index in [1.54, 1.807) is 19.1 Å². The van der Waals surface area contributed by atoms with E-state index in [1.165, 1.54) is 7.05 Å². The summed E-state index contributed by atoms with van der Waals surface area (Å²) in [7, 11) is 1.35. The first kappa shape index (κ1) is 7.96. The molecule has 2 aromatic carbocycles. The van der Waals surface area contributed by atoms with Crippen LogP contribution in [0, 0.1) is 20.7 Å². The molecule has 0 bridgehead atoms. The Bertz CT molecular complexity index is 1580. The lowest BCUT2D eigenvalue weighted by Crippen LogP contribution is -2.32. The number of rotatable bonds is 2. The fourth-order valence-electron chi connectivity index (χ4n) is 3.38. The average molecular weight is 357 g/mol. The van der Waals surface area contributed by atoms with Crippen LogP contribution in [0.3, 0.4) is 0 Å². The van der Waals surface area contributed by atoms with Crippen molar-refractivity contribution in [2.24, 2.45) is 7.05 Å². The van der Waals surface area contributed by atoms with E-state index in [2.05, 4.69) is 0 Å². The van der Waals surface area contributed by atoms with E-state index < -0.39 is 49.8 Å². The summed E-state index contributed by atoms with van der Waals surface area (Å²) in [5.41, 5.74) is 1.06. The summed E-state index contributed by atoms with van der Waals surface area (Å²) in [5.74, 6) is -3.49. The van der Waals surface area contributed by atoms with Gasteiger partial charge in [-0.05, 0) is 61.5 Å². The van der Waals surface area contributed by atoms with Crippen molar-refractivity contribution in [3.05, 3.63) is 64.8 Å². The van der Waals surface area contributed by atoms with Crippen LogP contribution in [0.15, 0.2) is 47.0 Å². The first-order valence-electron chi connectivity index (χ1n) is 14.2. The van der Waals surface area contributed by atoms with E-state index in [0.717, 1.165) is 15.5 Å². The molecule has 4 rings (SSSR count). The second kappa shape index (κ2) is 5.98. The van der Waals surface area contributed by atoms with E-state index in [9.17, 15) is 0 Å². The molecule has 0 aliphatic carbocycles. The lowest BCUT2D eigenvalue weighted by molar-refractivity contribution is -0.660. The van der Waals surface area contributed by atoms with Gasteiger partial charge in [0.05, 0.1) is 1.37 Å². The third kappa shape index (κ3) is 2.52. The fourth-order valence-corrected chi connectivity index (χ4v) is 3.38. The summed E-state index contributed by atoms with van der Waals surface area (Å²) in [6.45, 7) is -6.60. The van der Waals surface area contributed by atoms with Gasteiger partial charge in [-0.1, -0.05) is 25.8 Å². The molecule has 0 saturated carbocycles. The van der Waals surface area contributed by atoms with Crippen LogP contribution < -0.4 is 4.57 Å². The molecular formula is C24H26NO+. The Kier molecular flexibility index (Phi) is 1.83. The molecular weight excluding hydrogens is 318 g/mol. The largest absolute Gasteiger partial charge is 0.456 e. The highest BCUT2D eigenvalue weighted by Crippen LogP contribution is 2.36. The Hall–Kier alpha value is -2.61. The second-order valence-electron chi connectivity index (χ2n) is 6.48. The van der Waals surface area contributed by atoms with E-state index in [1.807, 2.05) is 25.1 Å². The van der Waals surface area contributed by atoms with Gasteiger partial charge in [-0.25, -0.2) is 4.57 Å². The minimum absolute atomic E-state index is 0.0796. The van der Waals surface area contributed by atoms with E-state index in [-0.39, 0.29) is 5.69 Å². The maximum Gasteiger partial charge on any atom is 0.212 e. The maximum atomic E-state index is 9.02. The predicted molar refractivity (Wildman–Crippen MR) is 109 cm³/mol. The number of hydrogen-bond acceptors (Lipinski definition) is 1. The summed E-state index contributed by atoms with van der Waals surface area (Å²) >= 11 is 0. The number of nitrogens with zero attached hydrogens (tertiary/aromatic N) is 1. The van der Waals surface area contributed by atoms with E-state index in [4.69, 9.17) is 20.9 Å². The van der Waals surface area contributed by atoms with Gasteiger partial charge < -0.3 is 4.42 Å². The number of aromatic nitrogens is 1. The SMILES string of the molecule is [2H]c1c(C([2H])(C([2H])([2H])[2H])C([2H])([2H])[2H])c(C([2H])([2H])[2H])c([2H])[n+](C)c1-c1ccc2oc3cc(C)ccc3c2c1C. The number of hydrogen-bond donors (Lipinski definition) is 0. The highest BCUT2D eigenvalue weighted by molar-refractivity contribution is 6.08.